The highest BCUT2D eigenvalue weighted by molar-refractivity contribution is 7.90. The van der Waals surface area contributed by atoms with E-state index in [0.717, 1.165) is 0 Å². The molecule has 1 aromatic carbocycles. The van der Waals surface area contributed by atoms with E-state index < -0.39 is 21.9 Å². The van der Waals surface area contributed by atoms with Crippen LogP contribution in [0.4, 0.5) is 4.39 Å². The second-order valence-corrected chi connectivity index (χ2v) is 6.92. The van der Waals surface area contributed by atoms with Gasteiger partial charge in [0.15, 0.2) is 0 Å². The smallest absolute Gasteiger partial charge is 0.136 e. The molecular formula is C12H18FNO2S. The van der Waals surface area contributed by atoms with Crippen molar-refractivity contribution in [3.63, 3.8) is 0 Å². The van der Waals surface area contributed by atoms with Crippen molar-refractivity contribution in [1.29, 1.82) is 0 Å². The molecule has 96 valence electrons. The molecular weight excluding hydrogens is 241 g/mol. The van der Waals surface area contributed by atoms with Crippen molar-refractivity contribution >= 4 is 11.4 Å². The Hall–Kier alpha value is -0.780. The zero-order chi connectivity index (χ0) is 13.2. The lowest BCUT2D eigenvalue weighted by Gasteiger charge is -2.26. The molecule has 0 aliphatic carbocycles. The molecule has 1 rings (SSSR count). The van der Waals surface area contributed by atoms with Crippen LogP contribution < -0.4 is 4.72 Å². The van der Waals surface area contributed by atoms with Crippen molar-refractivity contribution in [3.05, 3.63) is 29.6 Å². The van der Waals surface area contributed by atoms with Gasteiger partial charge in [-0.25, -0.2) is 4.39 Å². The number of rotatable bonds is 3. The molecule has 17 heavy (non-hydrogen) atoms. The normalized spacial score (nSPS) is 15.6. The monoisotopic (exact) mass is 259 g/mol. The third-order valence-electron chi connectivity index (χ3n) is 2.30. The average Bonchev–Trinajstić information content (AvgIpc) is 2.20. The SMILES string of the molecule is CC(N[S@+]([O-])C(C)(C)C)c1cc(F)ccc1O. The van der Waals surface area contributed by atoms with Crippen LogP contribution in [0.15, 0.2) is 18.2 Å². The first kappa shape index (κ1) is 14.3. The summed E-state index contributed by atoms with van der Waals surface area (Å²) in [6, 6.07) is 3.34. The van der Waals surface area contributed by atoms with E-state index in [1.165, 1.54) is 18.2 Å². The number of benzene rings is 1. The Morgan fingerprint density at radius 2 is 2.00 bits per heavy atom. The fraction of sp³-hybridized carbons (Fsp3) is 0.500. The summed E-state index contributed by atoms with van der Waals surface area (Å²) in [6.45, 7) is 7.26. The average molecular weight is 259 g/mol. The molecule has 0 spiro atoms. The maximum absolute atomic E-state index is 13.1. The third kappa shape index (κ3) is 3.87. The Labute approximate surface area is 104 Å². The van der Waals surface area contributed by atoms with E-state index in [4.69, 9.17) is 0 Å². The molecule has 0 bridgehead atoms. The van der Waals surface area contributed by atoms with Crippen molar-refractivity contribution in [3.8, 4) is 5.75 Å². The molecule has 1 unspecified atom stereocenters. The predicted octanol–water partition coefficient (Wildman–Crippen LogP) is 2.64. The van der Waals surface area contributed by atoms with Crippen LogP contribution in [0.5, 0.6) is 5.75 Å². The van der Waals surface area contributed by atoms with Crippen LogP contribution >= 0.6 is 0 Å². The number of halogens is 1. The predicted molar refractivity (Wildman–Crippen MR) is 67.5 cm³/mol. The molecule has 1 aromatic rings. The first-order chi connectivity index (χ1) is 7.71. The van der Waals surface area contributed by atoms with Crippen LogP contribution in [0.25, 0.3) is 0 Å². The molecule has 3 nitrogen and oxygen atoms in total. The highest BCUT2D eigenvalue weighted by Crippen LogP contribution is 2.26. The van der Waals surface area contributed by atoms with Gasteiger partial charge in [0.2, 0.25) is 0 Å². The minimum absolute atomic E-state index is 0.00249. The maximum atomic E-state index is 13.1. The van der Waals surface area contributed by atoms with Gasteiger partial charge in [0.05, 0.1) is 6.04 Å². The quantitative estimate of drug-likeness (QED) is 0.820. The van der Waals surface area contributed by atoms with Crippen molar-refractivity contribution in [1.82, 2.24) is 4.72 Å². The third-order valence-corrected chi connectivity index (χ3v) is 3.98. The zero-order valence-corrected chi connectivity index (χ0v) is 11.3. The molecule has 2 N–H and O–H groups in total. The second-order valence-electron chi connectivity index (χ2n) is 4.92. The summed E-state index contributed by atoms with van der Waals surface area (Å²) in [5.74, 6) is -0.426. The van der Waals surface area contributed by atoms with Crippen LogP contribution in [-0.2, 0) is 11.4 Å². The first-order valence-corrected chi connectivity index (χ1v) is 6.53. The molecule has 0 aliphatic rings. The number of phenols is 1. The topological polar surface area (TPSA) is 55.3 Å². The van der Waals surface area contributed by atoms with Gasteiger partial charge in [0, 0.05) is 16.9 Å². The van der Waals surface area contributed by atoms with Crippen molar-refractivity contribution < 1.29 is 14.0 Å². The van der Waals surface area contributed by atoms with Gasteiger partial charge < -0.3 is 9.66 Å². The molecule has 0 radical (unpaired) electrons. The van der Waals surface area contributed by atoms with E-state index in [9.17, 15) is 14.0 Å². The Morgan fingerprint density at radius 3 is 2.53 bits per heavy atom. The molecule has 5 heteroatoms. The van der Waals surface area contributed by atoms with Crippen LogP contribution in [0, 0.1) is 5.82 Å². The summed E-state index contributed by atoms with van der Waals surface area (Å²) < 4.78 is 27.4. The number of hydrogen-bond donors (Lipinski definition) is 2. The molecule has 0 aromatic heterocycles. The van der Waals surface area contributed by atoms with Gasteiger partial charge in [-0.3, -0.25) is 0 Å². The Morgan fingerprint density at radius 1 is 1.41 bits per heavy atom. The van der Waals surface area contributed by atoms with E-state index in [2.05, 4.69) is 4.72 Å². The van der Waals surface area contributed by atoms with E-state index >= 15 is 0 Å². The summed E-state index contributed by atoms with van der Waals surface area (Å²) in [4.78, 5) is 0. The standard InChI is InChI=1S/C12H18FNO2S/c1-8(14-17(16)12(2,3)4)10-7-9(13)5-6-11(10)15/h5-8,14-15H,1-4H3/t8?,17-/m1/s1. The molecule has 0 heterocycles. The first-order valence-electron chi connectivity index (χ1n) is 5.38. The van der Waals surface area contributed by atoms with Crippen LogP contribution in [-0.4, -0.2) is 14.4 Å². The lowest BCUT2D eigenvalue weighted by Crippen LogP contribution is -2.40. The molecule has 0 fully saturated rings. The Kier molecular flexibility index (Phi) is 4.41. The summed E-state index contributed by atoms with van der Waals surface area (Å²) >= 11 is -1.27. The highest BCUT2D eigenvalue weighted by atomic mass is 32.2. The van der Waals surface area contributed by atoms with E-state index in [1.807, 2.05) is 20.8 Å². The Bertz CT molecular complexity index is 393. The molecule has 0 saturated carbocycles. The van der Waals surface area contributed by atoms with E-state index in [-0.39, 0.29) is 11.8 Å². The van der Waals surface area contributed by atoms with Crippen LogP contribution in [0.3, 0.4) is 0 Å². The second kappa shape index (κ2) is 5.25. The van der Waals surface area contributed by atoms with Crippen molar-refractivity contribution in [2.24, 2.45) is 0 Å². The number of phenolic OH excluding ortho intramolecular Hbond substituents is 1. The largest absolute Gasteiger partial charge is 0.598 e. The van der Waals surface area contributed by atoms with Crippen LogP contribution in [0.1, 0.15) is 39.3 Å². The lowest BCUT2D eigenvalue weighted by molar-refractivity contribution is 0.456. The van der Waals surface area contributed by atoms with Gasteiger partial charge in [-0.05, 0) is 45.9 Å². The maximum Gasteiger partial charge on any atom is 0.136 e. The van der Waals surface area contributed by atoms with Gasteiger partial charge in [0.25, 0.3) is 0 Å². The minimum Gasteiger partial charge on any atom is -0.598 e. The van der Waals surface area contributed by atoms with Gasteiger partial charge in [0.1, 0.15) is 16.3 Å². The molecule has 0 amide bonds. The van der Waals surface area contributed by atoms with Crippen molar-refractivity contribution in [2.45, 2.75) is 38.5 Å². The summed E-state index contributed by atoms with van der Waals surface area (Å²) in [5.41, 5.74) is 0.405. The number of aromatic hydroxyl groups is 1. The number of hydrogen-bond acceptors (Lipinski definition) is 3. The van der Waals surface area contributed by atoms with Crippen LogP contribution in [0.2, 0.25) is 0 Å². The highest BCUT2D eigenvalue weighted by Gasteiger charge is 2.29. The lowest BCUT2D eigenvalue weighted by atomic mass is 10.1. The zero-order valence-electron chi connectivity index (χ0n) is 10.5. The fourth-order valence-electron chi connectivity index (χ4n) is 1.27. The van der Waals surface area contributed by atoms with Gasteiger partial charge >= 0.3 is 0 Å². The molecule has 2 atom stereocenters. The van der Waals surface area contributed by atoms with Gasteiger partial charge in [-0.15, -0.1) is 4.72 Å². The Balaban J connectivity index is 2.83. The summed E-state index contributed by atoms with van der Waals surface area (Å²) in [7, 11) is 0. The van der Waals surface area contributed by atoms with Crippen molar-refractivity contribution in [2.75, 3.05) is 0 Å². The summed E-state index contributed by atoms with van der Waals surface area (Å²) in [6.07, 6.45) is 0. The number of nitrogens with one attached hydrogen (secondary N) is 1. The fourth-order valence-corrected chi connectivity index (χ4v) is 2.07. The van der Waals surface area contributed by atoms with Gasteiger partial charge in [-0.2, -0.15) is 0 Å². The van der Waals surface area contributed by atoms with E-state index in [1.54, 1.807) is 6.92 Å². The minimum atomic E-state index is -1.27. The summed E-state index contributed by atoms with van der Waals surface area (Å²) in [5, 5.41) is 9.62. The molecule has 0 saturated heterocycles. The van der Waals surface area contributed by atoms with E-state index in [0.29, 0.717) is 5.56 Å². The molecule has 0 aliphatic heterocycles. The van der Waals surface area contributed by atoms with Gasteiger partial charge in [-0.1, -0.05) is 0 Å².